The zero-order chi connectivity index (χ0) is 17.1. The number of rotatable bonds is 3. The van der Waals surface area contributed by atoms with E-state index in [-0.39, 0.29) is 5.91 Å². The predicted molar refractivity (Wildman–Crippen MR) is 93.4 cm³/mol. The van der Waals surface area contributed by atoms with Crippen LogP contribution in [0.3, 0.4) is 0 Å². The standard InChI is InChI=1S/C17H22N6O/c1-13-19-15(21(2)3)11-16(20-13)22-7-9-23(10-8-22)17(24)14-5-4-6-18-12-14/h4-6,11-12H,7-10H2,1-3H3. The summed E-state index contributed by atoms with van der Waals surface area (Å²) in [5.74, 6) is 2.60. The van der Waals surface area contributed by atoms with Crippen molar-refractivity contribution in [1.29, 1.82) is 0 Å². The van der Waals surface area contributed by atoms with Crippen molar-refractivity contribution in [3.63, 3.8) is 0 Å². The van der Waals surface area contributed by atoms with Crippen LogP contribution in [0.15, 0.2) is 30.6 Å². The highest BCUT2D eigenvalue weighted by Gasteiger charge is 2.23. The van der Waals surface area contributed by atoms with Crippen LogP contribution in [-0.4, -0.2) is 66.0 Å². The number of pyridine rings is 1. The van der Waals surface area contributed by atoms with Gasteiger partial charge in [-0.3, -0.25) is 9.78 Å². The molecule has 1 aliphatic rings. The molecule has 1 amide bonds. The molecule has 1 saturated heterocycles. The van der Waals surface area contributed by atoms with Crippen LogP contribution in [0.5, 0.6) is 0 Å². The van der Waals surface area contributed by atoms with E-state index in [1.54, 1.807) is 24.5 Å². The fraction of sp³-hybridized carbons (Fsp3) is 0.412. The molecule has 1 aliphatic heterocycles. The van der Waals surface area contributed by atoms with Gasteiger partial charge < -0.3 is 14.7 Å². The minimum absolute atomic E-state index is 0.0376. The molecule has 126 valence electrons. The molecule has 2 aromatic heterocycles. The zero-order valence-corrected chi connectivity index (χ0v) is 14.3. The first-order chi connectivity index (χ1) is 11.5. The van der Waals surface area contributed by atoms with Crippen LogP contribution in [0, 0.1) is 6.92 Å². The number of piperazine rings is 1. The summed E-state index contributed by atoms with van der Waals surface area (Å²) < 4.78 is 0. The van der Waals surface area contributed by atoms with Crippen LogP contribution in [0.4, 0.5) is 11.6 Å². The number of carbonyl (C=O) groups excluding carboxylic acids is 1. The van der Waals surface area contributed by atoms with E-state index in [2.05, 4.69) is 19.9 Å². The first-order valence-electron chi connectivity index (χ1n) is 8.02. The predicted octanol–water partition coefficient (Wildman–Crippen LogP) is 1.21. The molecular formula is C17H22N6O. The Hall–Kier alpha value is -2.70. The molecule has 0 saturated carbocycles. The molecule has 0 bridgehead atoms. The highest BCUT2D eigenvalue weighted by Crippen LogP contribution is 2.19. The van der Waals surface area contributed by atoms with Crippen molar-refractivity contribution in [1.82, 2.24) is 19.9 Å². The van der Waals surface area contributed by atoms with Crippen LogP contribution in [0.2, 0.25) is 0 Å². The van der Waals surface area contributed by atoms with E-state index in [4.69, 9.17) is 0 Å². The van der Waals surface area contributed by atoms with Crippen LogP contribution in [0.25, 0.3) is 0 Å². The number of nitrogens with zero attached hydrogens (tertiary/aromatic N) is 6. The van der Waals surface area contributed by atoms with E-state index < -0.39 is 0 Å². The molecule has 24 heavy (non-hydrogen) atoms. The summed E-state index contributed by atoms with van der Waals surface area (Å²) in [5, 5.41) is 0. The lowest BCUT2D eigenvalue weighted by Gasteiger charge is -2.35. The Morgan fingerprint density at radius 1 is 1.17 bits per heavy atom. The highest BCUT2D eigenvalue weighted by molar-refractivity contribution is 5.94. The van der Waals surface area contributed by atoms with Gasteiger partial charge in [-0.25, -0.2) is 9.97 Å². The Labute approximate surface area is 142 Å². The summed E-state index contributed by atoms with van der Waals surface area (Å²) in [4.78, 5) is 31.5. The lowest BCUT2D eigenvalue weighted by molar-refractivity contribution is 0.0746. The summed E-state index contributed by atoms with van der Waals surface area (Å²) >= 11 is 0. The molecule has 0 N–H and O–H groups in total. The molecule has 7 nitrogen and oxygen atoms in total. The largest absolute Gasteiger partial charge is 0.363 e. The second kappa shape index (κ2) is 6.82. The van der Waals surface area contributed by atoms with Crippen LogP contribution in [0.1, 0.15) is 16.2 Å². The van der Waals surface area contributed by atoms with Crippen molar-refractivity contribution >= 4 is 17.5 Å². The molecule has 0 aromatic carbocycles. The second-order valence-electron chi connectivity index (χ2n) is 6.05. The fourth-order valence-corrected chi connectivity index (χ4v) is 2.74. The lowest BCUT2D eigenvalue weighted by Crippen LogP contribution is -2.49. The van der Waals surface area contributed by atoms with E-state index in [0.717, 1.165) is 30.5 Å². The third-order valence-electron chi connectivity index (χ3n) is 4.07. The molecular weight excluding hydrogens is 304 g/mol. The minimum atomic E-state index is 0.0376. The van der Waals surface area contributed by atoms with Gasteiger partial charge in [-0.1, -0.05) is 0 Å². The van der Waals surface area contributed by atoms with E-state index in [1.807, 2.05) is 36.9 Å². The molecule has 0 unspecified atom stereocenters. The van der Waals surface area contributed by atoms with Crippen LogP contribution < -0.4 is 9.80 Å². The van der Waals surface area contributed by atoms with Gasteiger partial charge >= 0.3 is 0 Å². The maximum Gasteiger partial charge on any atom is 0.255 e. The van der Waals surface area contributed by atoms with Gasteiger partial charge in [0.25, 0.3) is 5.91 Å². The Kier molecular flexibility index (Phi) is 4.59. The molecule has 0 radical (unpaired) electrons. The molecule has 0 aliphatic carbocycles. The molecule has 7 heteroatoms. The Balaban J connectivity index is 1.68. The smallest absolute Gasteiger partial charge is 0.255 e. The van der Waals surface area contributed by atoms with Crippen LogP contribution >= 0.6 is 0 Å². The molecule has 0 atom stereocenters. The van der Waals surface area contributed by atoms with Crippen molar-refractivity contribution < 1.29 is 4.79 Å². The van der Waals surface area contributed by atoms with Crippen molar-refractivity contribution in [2.75, 3.05) is 50.1 Å². The Morgan fingerprint density at radius 2 is 1.92 bits per heavy atom. The zero-order valence-electron chi connectivity index (χ0n) is 14.3. The van der Waals surface area contributed by atoms with E-state index in [9.17, 15) is 4.79 Å². The summed E-state index contributed by atoms with van der Waals surface area (Å²) in [6.45, 7) is 4.77. The third-order valence-corrected chi connectivity index (χ3v) is 4.07. The van der Waals surface area contributed by atoms with E-state index in [0.29, 0.717) is 18.7 Å². The van der Waals surface area contributed by atoms with Gasteiger partial charge in [0.1, 0.15) is 17.5 Å². The van der Waals surface area contributed by atoms with Crippen molar-refractivity contribution in [3.05, 3.63) is 42.0 Å². The van der Waals surface area contributed by atoms with Gasteiger partial charge in [0.15, 0.2) is 0 Å². The molecule has 0 spiro atoms. The van der Waals surface area contributed by atoms with Gasteiger partial charge in [0.05, 0.1) is 5.56 Å². The van der Waals surface area contributed by atoms with Gasteiger partial charge in [-0.2, -0.15) is 0 Å². The molecule has 2 aromatic rings. The number of hydrogen-bond donors (Lipinski definition) is 0. The maximum atomic E-state index is 12.5. The number of hydrogen-bond acceptors (Lipinski definition) is 6. The SMILES string of the molecule is Cc1nc(N(C)C)cc(N2CCN(C(=O)c3cccnc3)CC2)n1. The average molecular weight is 326 g/mol. The third kappa shape index (κ3) is 3.45. The highest BCUT2D eigenvalue weighted by atomic mass is 16.2. The lowest BCUT2D eigenvalue weighted by atomic mass is 10.2. The van der Waals surface area contributed by atoms with Crippen molar-refractivity contribution in [2.24, 2.45) is 0 Å². The Bertz CT molecular complexity index is 710. The first kappa shape index (κ1) is 16.2. The van der Waals surface area contributed by atoms with Gasteiger partial charge in [-0.05, 0) is 19.1 Å². The summed E-state index contributed by atoms with van der Waals surface area (Å²) in [6.07, 6.45) is 3.29. The maximum absolute atomic E-state index is 12.5. The quantitative estimate of drug-likeness (QED) is 0.845. The van der Waals surface area contributed by atoms with E-state index >= 15 is 0 Å². The van der Waals surface area contributed by atoms with E-state index in [1.165, 1.54) is 0 Å². The summed E-state index contributed by atoms with van der Waals surface area (Å²) in [5.41, 5.74) is 0.638. The number of anilines is 2. The normalized spacial score (nSPS) is 14.6. The van der Waals surface area contributed by atoms with Gasteiger partial charge in [0.2, 0.25) is 0 Å². The number of amides is 1. The average Bonchev–Trinajstić information content (AvgIpc) is 2.61. The van der Waals surface area contributed by atoms with Crippen molar-refractivity contribution in [2.45, 2.75) is 6.92 Å². The second-order valence-corrected chi connectivity index (χ2v) is 6.05. The van der Waals surface area contributed by atoms with Gasteiger partial charge in [-0.15, -0.1) is 0 Å². The number of carbonyl (C=O) groups is 1. The molecule has 3 rings (SSSR count). The topological polar surface area (TPSA) is 65.5 Å². The molecule has 3 heterocycles. The number of aryl methyl sites for hydroxylation is 1. The van der Waals surface area contributed by atoms with Gasteiger partial charge in [0, 0.05) is 58.7 Å². The minimum Gasteiger partial charge on any atom is -0.363 e. The Morgan fingerprint density at radius 3 is 2.54 bits per heavy atom. The van der Waals surface area contributed by atoms with Crippen LogP contribution in [-0.2, 0) is 0 Å². The first-order valence-corrected chi connectivity index (χ1v) is 8.02. The molecule has 1 fully saturated rings. The summed E-state index contributed by atoms with van der Waals surface area (Å²) in [7, 11) is 3.94. The van der Waals surface area contributed by atoms with Crippen molar-refractivity contribution in [3.8, 4) is 0 Å². The summed E-state index contributed by atoms with van der Waals surface area (Å²) in [6, 6.07) is 5.58. The monoisotopic (exact) mass is 326 g/mol. The number of aromatic nitrogens is 3. The fourth-order valence-electron chi connectivity index (χ4n) is 2.74.